The molecule has 0 radical (unpaired) electrons. The first-order valence-electron chi connectivity index (χ1n) is 5.76. The van der Waals surface area contributed by atoms with Crippen LogP contribution in [0.1, 0.15) is 32.6 Å². The van der Waals surface area contributed by atoms with E-state index in [2.05, 4.69) is 11.9 Å². The number of carbonyl (C=O) groups is 2. The molecule has 0 bridgehead atoms. The number of carboxylic acids is 1. The number of carbonyl (C=O) groups excluding carboxylic acids is 1. The number of aliphatic carboxylic acids is 1. The maximum atomic E-state index is 10.8. The van der Waals surface area contributed by atoms with Crippen molar-refractivity contribution in [1.29, 1.82) is 0 Å². The Kier molecular flexibility index (Phi) is 9.62. The van der Waals surface area contributed by atoms with E-state index in [4.69, 9.17) is 5.11 Å². The Hall–Kier alpha value is -0.970. The molecule has 0 rings (SSSR count). The molecule has 4 nitrogen and oxygen atoms in total. The summed E-state index contributed by atoms with van der Waals surface area (Å²) >= 11 is 1.57. The number of nitrogens with one attached hydrogen (secondary N) is 1. The molecule has 1 amide bonds. The first kappa shape index (κ1) is 16.0. The molecule has 0 spiro atoms. The highest BCUT2D eigenvalue weighted by Crippen LogP contribution is 2.09. The highest BCUT2D eigenvalue weighted by atomic mass is 32.2. The second-order valence-electron chi connectivity index (χ2n) is 3.80. The predicted molar refractivity (Wildman–Crippen MR) is 71.2 cm³/mol. The van der Waals surface area contributed by atoms with Crippen molar-refractivity contribution in [3.05, 3.63) is 12.7 Å². The van der Waals surface area contributed by atoms with E-state index in [0.29, 0.717) is 5.75 Å². The van der Waals surface area contributed by atoms with Crippen molar-refractivity contribution in [2.24, 2.45) is 0 Å². The van der Waals surface area contributed by atoms with Crippen LogP contribution < -0.4 is 5.32 Å². The number of thioether (sulfide) groups is 1. The van der Waals surface area contributed by atoms with Crippen molar-refractivity contribution >= 4 is 23.6 Å². The van der Waals surface area contributed by atoms with Crippen LogP contribution in [-0.2, 0) is 9.59 Å². The molecule has 0 aromatic rings. The fourth-order valence-corrected chi connectivity index (χ4v) is 2.33. The van der Waals surface area contributed by atoms with Crippen molar-refractivity contribution in [1.82, 2.24) is 5.32 Å². The number of rotatable bonds is 10. The second-order valence-corrected chi connectivity index (χ2v) is 4.95. The molecule has 0 fully saturated rings. The van der Waals surface area contributed by atoms with Crippen molar-refractivity contribution in [2.45, 2.75) is 38.6 Å². The molecule has 17 heavy (non-hydrogen) atoms. The van der Waals surface area contributed by atoms with Crippen LogP contribution in [0.5, 0.6) is 0 Å². The molecule has 5 heteroatoms. The lowest BCUT2D eigenvalue weighted by molar-refractivity contribution is -0.140. The molecular weight excluding hydrogens is 238 g/mol. The Morgan fingerprint density at radius 3 is 2.65 bits per heavy atom. The van der Waals surface area contributed by atoms with E-state index in [1.807, 2.05) is 6.08 Å². The molecule has 0 aliphatic rings. The molecule has 0 aromatic carbocycles. The third-order valence-corrected chi connectivity index (χ3v) is 3.30. The predicted octanol–water partition coefficient (Wildman–Crippen LogP) is 2.06. The van der Waals surface area contributed by atoms with Crippen molar-refractivity contribution in [3.8, 4) is 0 Å². The number of unbranched alkanes of at least 4 members (excludes halogenated alkanes) is 3. The lowest BCUT2D eigenvalue weighted by Gasteiger charge is -2.12. The van der Waals surface area contributed by atoms with Gasteiger partial charge >= 0.3 is 5.97 Å². The molecule has 0 aliphatic heterocycles. The SMILES string of the molecule is C=CCCCCCSC[C@H](NC(C)=O)C(=O)O. The lowest BCUT2D eigenvalue weighted by atomic mass is 10.2. The number of allylic oxidation sites excluding steroid dienone is 1. The molecule has 0 unspecified atom stereocenters. The monoisotopic (exact) mass is 259 g/mol. The highest BCUT2D eigenvalue weighted by Gasteiger charge is 2.17. The summed E-state index contributed by atoms with van der Waals surface area (Å²) in [5, 5.41) is 11.3. The average molecular weight is 259 g/mol. The van der Waals surface area contributed by atoms with Gasteiger partial charge in [-0.05, 0) is 25.0 Å². The van der Waals surface area contributed by atoms with E-state index in [0.717, 1.165) is 31.4 Å². The lowest BCUT2D eigenvalue weighted by Crippen LogP contribution is -2.41. The summed E-state index contributed by atoms with van der Waals surface area (Å²) in [6.45, 7) is 4.98. The number of amides is 1. The van der Waals surface area contributed by atoms with E-state index in [-0.39, 0.29) is 5.91 Å². The third kappa shape index (κ3) is 9.93. The summed E-state index contributed by atoms with van der Waals surface area (Å²) in [4.78, 5) is 21.6. The van der Waals surface area contributed by atoms with Crippen molar-refractivity contribution in [2.75, 3.05) is 11.5 Å². The van der Waals surface area contributed by atoms with Gasteiger partial charge in [-0.2, -0.15) is 11.8 Å². The first-order chi connectivity index (χ1) is 8.07. The molecule has 98 valence electrons. The minimum absolute atomic E-state index is 0.302. The van der Waals surface area contributed by atoms with Gasteiger partial charge in [0, 0.05) is 12.7 Å². The molecular formula is C12H21NO3S. The zero-order chi connectivity index (χ0) is 13.1. The van der Waals surface area contributed by atoms with Crippen LogP contribution in [0.15, 0.2) is 12.7 Å². The van der Waals surface area contributed by atoms with Gasteiger partial charge in [-0.25, -0.2) is 4.79 Å². The summed E-state index contributed by atoms with van der Waals surface area (Å²) < 4.78 is 0. The fraction of sp³-hybridized carbons (Fsp3) is 0.667. The Labute approximate surface area is 107 Å². The summed E-state index contributed by atoms with van der Waals surface area (Å²) in [6, 6.07) is -0.773. The molecule has 0 aromatic heterocycles. The number of hydrogen-bond acceptors (Lipinski definition) is 3. The molecule has 1 atom stereocenters. The standard InChI is InChI=1S/C12H21NO3S/c1-3-4-5-6-7-8-17-9-11(12(15)16)13-10(2)14/h3,11H,1,4-9H2,2H3,(H,13,14)(H,15,16)/t11-/m0/s1. The van der Waals surface area contributed by atoms with Gasteiger partial charge < -0.3 is 10.4 Å². The van der Waals surface area contributed by atoms with Crippen LogP contribution in [0.25, 0.3) is 0 Å². The smallest absolute Gasteiger partial charge is 0.327 e. The van der Waals surface area contributed by atoms with Gasteiger partial charge in [-0.3, -0.25) is 4.79 Å². The van der Waals surface area contributed by atoms with Crippen LogP contribution in [0, 0.1) is 0 Å². The summed E-state index contributed by atoms with van der Waals surface area (Å²) in [7, 11) is 0. The van der Waals surface area contributed by atoms with Gasteiger partial charge in [0.2, 0.25) is 5.91 Å². The number of carboxylic acid groups (broad SMARTS) is 1. The van der Waals surface area contributed by atoms with E-state index in [9.17, 15) is 9.59 Å². The summed E-state index contributed by atoms with van der Waals surface area (Å²) in [6.07, 6.45) is 6.29. The van der Waals surface area contributed by atoms with Crippen LogP contribution >= 0.6 is 11.8 Å². The Bertz CT molecular complexity index is 256. The highest BCUT2D eigenvalue weighted by molar-refractivity contribution is 7.99. The largest absolute Gasteiger partial charge is 0.480 e. The molecule has 2 N–H and O–H groups in total. The van der Waals surface area contributed by atoms with Gasteiger partial charge in [0.25, 0.3) is 0 Å². The van der Waals surface area contributed by atoms with E-state index < -0.39 is 12.0 Å². The summed E-state index contributed by atoms with van der Waals surface area (Å²) in [5.74, 6) is 0.0833. The Morgan fingerprint density at radius 2 is 2.12 bits per heavy atom. The van der Waals surface area contributed by atoms with Gasteiger partial charge in [-0.1, -0.05) is 12.5 Å². The Balaban J connectivity index is 3.58. The molecule has 0 saturated carbocycles. The summed E-state index contributed by atoms with van der Waals surface area (Å²) in [5.41, 5.74) is 0. The van der Waals surface area contributed by atoms with E-state index in [1.165, 1.54) is 6.92 Å². The van der Waals surface area contributed by atoms with Gasteiger partial charge in [-0.15, -0.1) is 6.58 Å². The number of hydrogen-bond donors (Lipinski definition) is 2. The maximum absolute atomic E-state index is 10.8. The van der Waals surface area contributed by atoms with Gasteiger partial charge in [0.1, 0.15) is 6.04 Å². The van der Waals surface area contributed by atoms with Crippen molar-refractivity contribution < 1.29 is 14.7 Å². The van der Waals surface area contributed by atoms with Crippen LogP contribution in [0.3, 0.4) is 0 Å². The zero-order valence-corrected chi connectivity index (χ0v) is 11.1. The normalized spacial score (nSPS) is 11.8. The second kappa shape index (κ2) is 10.2. The van der Waals surface area contributed by atoms with Crippen molar-refractivity contribution in [3.63, 3.8) is 0 Å². The average Bonchev–Trinajstić information content (AvgIpc) is 2.25. The van der Waals surface area contributed by atoms with E-state index >= 15 is 0 Å². The minimum atomic E-state index is -0.973. The van der Waals surface area contributed by atoms with Crippen LogP contribution in [0.4, 0.5) is 0 Å². The first-order valence-corrected chi connectivity index (χ1v) is 6.92. The quantitative estimate of drug-likeness (QED) is 0.465. The topological polar surface area (TPSA) is 66.4 Å². The van der Waals surface area contributed by atoms with Gasteiger partial charge in [0.05, 0.1) is 0 Å². The molecule has 0 aliphatic carbocycles. The van der Waals surface area contributed by atoms with Crippen LogP contribution in [-0.4, -0.2) is 34.5 Å². The molecule has 0 heterocycles. The zero-order valence-electron chi connectivity index (χ0n) is 10.3. The Morgan fingerprint density at radius 1 is 1.41 bits per heavy atom. The van der Waals surface area contributed by atoms with Gasteiger partial charge in [0.15, 0.2) is 0 Å². The fourth-order valence-electron chi connectivity index (χ4n) is 1.29. The van der Waals surface area contributed by atoms with Crippen LogP contribution in [0.2, 0.25) is 0 Å². The maximum Gasteiger partial charge on any atom is 0.327 e. The molecule has 0 saturated heterocycles. The third-order valence-electron chi connectivity index (χ3n) is 2.16. The van der Waals surface area contributed by atoms with E-state index in [1.54, 1.807) is 11.8 Å². The minimum Gasteiger partial charge on any atom is -0.480 e.